The van der Waals surface area contributed by atoms with Crippen LogP contribution in [0.3, 0.4) is 0 Å². The first-order chi connectivity index (χ1) is 30.7. The third-order valence-corrected chi connectivity index (χ3v) is 13.6. The maximum Gasteiger partial charge on any atom is 0.0540 e. The highest BCUT2D eigenvalue weighted by atomic mass is 32.1. The largest absolute Gasteiger partial charge is 0.310 e. The van der Waals surface area contributed by atoms with E-state index in [1.165, 1.54) is 97.0 Å². The van der Waals surface area contributed by atoms with Crippen molar-refractivity contribution in [1.82, 2.24) is 0 Å². The van der Waals surface area contributed by atoms with E-state index in [4.69, 9.17) is 0 Å². The van der Waals surface area contributed by atoms with Gasteiger partial charge in [0.05, 0.1) is 5.69 Å². The molecule has 0 radical (unpaired) electrons. The van der Waals surface area contributed by atoms with Crippen molar-refractivity contribution in [1.29, 1.82) is 0 Å². The molecule has 0 spiro atoms. The molecule has 12 rings (SSSR count). The van der Waals surface area contributed by atoms with Crippen LogP contribution in [0.2, 0.25) is 0 Å². The minimum Gasteiger partial charge on any atom is -0.310 e. The zero-order chi connectivity index (χ0) is 41.0. The second kappa shape index (κ2) is 15.0. The average molecular weight is 806 g/mol. The van der Waals surface area contributed by atoms with Crippen LogP contribution in [0.1, 0.15) is 0 Å². The van der Waals surface area contributed by atoms with E-state index in [1.807, 2.05) is 11.3 Å². The summed E-state index contributed by atoms with van der Waals surface area (Å²) in [7, 11) is 0. The number of hydrogen-bond acceptors (Lipinski definition) is 2. The van der Waals surface area contributed by atoms with Crippen LogP contribution in [-0.2, 0) is 0 Å². The van der Waals surface area contributed by atoms with Gasteiger partial charge in [-0.05, 0) is 126 Å². The molecule has 11 aromatic carbocycles. The minimum atomic E-state index is 1.09. The van der Waals surface area contributed by atoms with Gasteiger partial charge in [-0.15, -0.1) is 11.3 Å². The Morgan fingerprint density at radius 2 is 0.806 bits per heavy atom. The molecule has 1 nitrogen and oxygen atoms in total. The van der Waals surface area contributed by atoms with Gasteiger partial charge in [0, 0.05) is 37.1 Å². The van der Waals surface area contributed by atoms with Crippen LogP contribution in [-0.4, -0.2) is 0 Å². The van der Waals surface area contributed by atoms with Crippen molar-refractivity contribution in [3.63, 3.8) is 0 Å². The Morgan fingerprint density at radius 1 is 0.274 bits per heavy atom. The van der Waals surface area contributed by atoms with Gasteiger partial charge in [-0.2, -0.15) is 0 Å². The first-order valence-electron chi connectivity index (χ1n) is 21.2. The summed E-state index contributed by atoms with van der Waals surface area (Å²) in [5, 5.41) is 10.2. The Hall–Kier alpha value is -7.78. The summed E-state index contributed by atoms with van der Waals surface area (Å²) in [6.07, 6.45) is 0. The fourth-order valence-electron chi connectivity index (χ4n) is 9.47. The molecule has 2 heteroatoms. The molecule has 0 saturated carbocycles. The predicted octanol–water partition coefficient (Wildman–Crippen LogP) is 17.7. The zero-order valence-electron chi connectivity index (χ0n) is 33.9. The van der Waals surface area contributed by atoms with Crippen LogP contribution in [0.5, 0.6) is 0 Å². The molecule has 62 heavy (non-hydrogen) atoms. The van der Waals surface area contributed by atoms with Gasteiger partial charge in [0.1, 0.15) is 0 Å². The molecule has 0 bridgehead atoms. The van der Waals surface area contributed by atoms with Crippen molar-refractivity contribution in [2.24, 2.45) is 0 Å². The van der Waals surface area contributed by atoms with Gasteiger partial charge in [-0.25, -0.2) is 0 Å². The molecule has 0 fully saturated rings. The summed E-state index contributed by atoms with van der Waals surface area (Å²) < 4.78 is 2.63. The molecule has 0 atom stereocenters. The summed E-state index contributed by atoms with van der Waals surface area (Å²) >= 11 is 1.86. The molecule has 0 aliphatic carbocycles. The van der Waals surface area contributed by atoms with E-state index in [9.17, 15) is 0 Å². The van der Waals surface area contributed by atoms with Crippen molar-refractivity contribution in [2.45, 2.75) is 0 Å². The number of fused-ring (bicyclic) bond motifs is 7. The lowest BCUT2D eigenvalue weighted by Crippen LogP contribution is -2.11. The molecule has 0 N–H and O–H groups in total. The van der Waals surface area contributed by atoms with Gasteiger partial charge in [0.25, 0.3) is 0 Å². The smallest absolute Gasteiger partial charge is 0.0540 e. The molecule has 290 valence electrons. The van der Waals surface area contributed by atoms with E-state index < -0.39 is 0 Å². The highest BCUT2D eigenvalue weighted by Gasteiger charge is 2.19. The second-order valence-electron chi connectivity index (χ2n) is 16.1. The number of anilines is 3. The molecule has 0 aliphatic rings. The van der Waals surface area contributed by atoms with Crippen LogP contribution < -0.4 is 4.90 Å². The topological polar surface area (TPSA) is 3.24 Å². The Kier molecular flexibility index (Phi) is 8.76. The lowest BCUT2D eigenvalue weighted by molar-refractivity contribution is 1.28. The van der Waals surface area contributed by atoms with E-state index in [0.717, 1.165) is 17.1 Å². The highest BCUT2D eigenvalue weighted by Crippen LogP contribution is 2.45. The first kappa shape index (κ1) is 36.1. The lowest BCUT2D eigenvalue weighted by atomic mass is 9.94. The molecule has 0 unspecified atom stereocenters. The van der Waals surface area contributed by atoms with E-state index in [2.05, 4.69) is 241 Å². The fraction of sp³-hybridized carbons (Fsp3) is 0. The lowest BCUT2D eigenvalue weighted by Gasteiger charge is -2.28. The third kappa shape index (κ3) is 6.24. The predicted molar refractivity (Wildman–Crippen MR) is 268 cm³/mol. The fourth-order valence-corrected chi connectivity index (χ4v) is 10.6. The molecule has 1 heterocycles. The normalized spacial score (nSPS) is 11.5. The number of para-hydroxylation sites is 1. The summed E-state index contributed by atoms with van der Waals surface area (Å²) in [5.74, 6) is 0. The van der Waals surface area contributed by atoms with Gasteiger partial charge in [-0.1, -0.05) is 182 Å². The number of hydrogen-bond donors (Lipinski definition) is 0. The third-order valence-electron chi connectivity index (χ3n) is 12.5. The van der Waals surface area contributed by atoms with Gasteiger partial charge in [0.15, 0.2) is 0 Å². The molecular weight excluding hydrogens is 767 g/mol. The maximum absolute atomic E-state index is 2.42. The number of nitrogens with zero attached hydrogens (tertiary/aromatic N) is 1. The van der Waals surface area contributed by atoms with E-state index >= 15 is 0 Å². The van der Waals surface area contributed by atoms with Gasteiger partial charge >= 0.3 is 0 Å². The quantitative estimate of drug-likeness (QED) is 0.145. The number of benzene rings is 11. The molecule has 1 aromatic heterocycles. The highest BCUT2D eigenvalue weighted by molar-refractivity contribution is 7.25. The van der Waals surface area contributed by atoms with Gasteiger partial charge in [0.2, 0.25) is 0 Å². The molecule has 12 aromatic rings. The van der Waals surface area contributed by atoms with Crippen molar-refractivity contribution >= 4 is 80.9 Å². The van der Waals surface area contributed by atoms with Gasteiger partial charge < -0.3 is 4.90 Å². The first-order valence-corrected chi connectivity index (χ1v) is 22.1. The van der Waals surface area contributed by atoms with Crippen molar-refractivity contribution in [2.75, 3.05) is 4.90 Å². The zero-order valence-corrected chi connectivity index (χ0v) is 34.7. The average Bonchev–Trinajstić information content (AvgIpc) is 3.73. The van der Waals surface area contributed by atoms with Gasteiger partial charge in [-0.3, -0.25) is 0 Å². The van der Waals surface area contributed by atoms with E-state index in [-0.39, 0.29) is 0 Å². The number of rotatable bonds is 7. The summed E-state index contributed by atoms with van der Waals surface area (Å²) in [6, 6.07) is 86.8. The molecule has 0 amide bonds. The van der Waals surface area contributed by atoms with E-state index in [0.29, 0.717) is 0 Å². The summed E-state index contributed by atoms with van der Waals surface area (Å²) in [4.78, 5) is 2.42. The Bertz CT molecular complexity index is 3630. The van der Waals surface area contributed by atoms with Crippen LogP contribution in [0, 0.1) is 0 Å². The SMILES string of the molecule is c1cc(-c2ccccc2N(c2ccc(-c3ccc4c(ccc5ccccc54)c3)cc2)c2ccc(-c3cccc4sc5ccccc5c34)cc2)cc(-c2cccc3ccccc23)c1. The molecule has 0 aliphatic heterocycles. The molecule has 0 saturated heterocycles. The van der Waals surface area contributed by atoms with Crippen molar-refractivity contribution in [3.05, 3.63) is 237 Å². The van der Waals surface area contributed by atoms with Crippen molar-refractivity contribution < 1.29 is 0 Å². The van der Waals surface area contributed by atoms with Crippen LogP contribution >= 0.6 is 11.3 Å². The standard InChI is InChI=1S/C60H39NS/c1-3-17-50-41(12-1)14-10-21-52(50)45-15-9-16-46(39-45)54-19-5-7-23-57(54)61(49-35-30-43(31-36-49)55-22-11-25-59-60(55)56-20-6-8-24-58(56)62-59)48-33-28-40(29-34-48)44-32-37-53-47(38-44)27-26-42-13-2-4-18-51(42)53/h1-39H. The van der Waals surface area contributed by atoms with Crippen LogP contribution in [0.15, 0.2) is 237 Å². The Morgan fingerprint density at radius 3 is 1.63 bits per heavy atom. The van der Waals surface area contributed by atoms with Crippen LogP contribution in [0.4, 0.5) is 17.1 Å². The Balaban J connectivity index is 0.980. The summed E-state index contributed by atoms with van der Waals surface area (Å²) in [5.41, 5.74) is 12.9. The van der Waals surface area contributed by atoms with E-state index in [1.54, 1.807) is 0 Å². The van der Waals surface area contributed by atoms with Crippen molar-refractivity contribution in [3.8, 4) is 44.5 Å². The maximum atomic E-state index is 2.42. The minimum absolute atomic E-state index is 1.09. The Labute approximate surface area is 365 Å². The second-order valence-corrected chi connectivity index (χ2v) is 17.1. The number of thiophene rings is 1. The summed E-state index contributed by atoms with van der Waals surface area (Å²) in [6.45, 7) is 0. The monoisotopic (exact) mass is 805 g/mol. The molecular formula is C60H39NS. The van der Waals surface area contributed by atoms with Crippen LogP contribution in [0.25, 0.3) is 97.0 Å².